The average molecular weight is 743 g/mol. The van der Waals surface area contributed by atoms with Crippen molar-refractivity contribution in [1.82, 2.24) is 8.80 Å². The molecule has 0 fully saturated rings. The zero-order chi connectivity index (χ0) is 41.4. The van der Waals surface area contributed by atoms with Crippen LogP contribution in [0.3, 0.4) is 0 Å². The molecule has 0 amide bonds. The Morgan fingerprint density at radius 1 is 0.276 bits per heavy atom. The van der Waals surface area contributed by atoms with E-state index < -0.39 is 0 Å². The van der Waals surface area contributed by atoms with Crippen molar-refractivity contribution in [3.8, 4) is 0 Å². The van der Waals surface area contributed by atoms with Crippen LogP contribution in [0.25, 0.3) is 76.2 Å². The molecule has 4 nitrogen and oxygen atoms in total. The van der Waals surface area contributed by atoms with Crippen LogP contribution in [0.4, 0.5) is 34.1 Å². The number of hydrogen-bond donors (Lipinski definition) is 0. The molecule has 0 atom stereocenters. The summed E-state index contributed by atoms with van der Waals surface area (Å²) in [5.74, 6) is 0. The van der Waals surface area contributed by atoms with Gasteiger partial charge < -0.3 is 18.6 Å². The normalized spacial score (nSPS) is 13.1. The van der Waals surface area contributed by atoms with Crippen LogP contribution in [0, 0.1) is 0 Å². The van der Waals surface area contributed by atoms with E-state index in [4.69, 9.17) is 5.48 Å². The van der Waals surface area contributed by atoms with Crippen LogP contribution >= 0.6 is 0 Å². The molecule has 4 heteroatoms. The van der Waals surface area contributed by atoms with E-state index in [2.05, 4.69) is 128 Å². The van der Waals surface area contributed by atoms with Gasteiger partial charge in [-0.15, -0.1) is 0 Å². The minimum Gasteiger partial charge on any atom is -0.310 e. The number of hydrogen-bond acceptors (Lipinski definition) is 2. The van der Waals surface area contributed by atoms with Crippen LogP contribution in [0.15, 0.2) is 206 Å². The van der Waals surface area contributed by atoms with Gasteiger partial charge in [-0.3, -0.25) is 0 Å². The Balaban J connectivity index is 1.08. The second-order valence-corrected chi connectivity index (χ2v) is 15.1. The van der Waals surface area contributed by atoms with Gasteiger partial charge in [-0.1, -0.05) is 121 Å². The molecule has 13 rings (SSSR count). The second-order valence-electron chi connectivity index (χ2n) is 15.1. The zero-order valence-corrected chi connectivity index (χ0v) is 31.1. The van der Waals surface area contributed by atoms with Gasteiger partial charge in [0.2, 0.25) is 0 Å². The summed E-state index contributed by atoms with van der Waals surface area (Å²) >= 11 is 0. The van der Waals surface area contributed by atoms with Gasteiger partial charge in [0.25, 0.3) is 0 Å². The van der Waals surface area contributed by atoms with Crippen LogP contribution in [0.5, 0.6) is 0 Å². The van der Waals surface area contributed by atoms with Crippen molar-refractivity contribution in [2.75, 3.05) is 9.80 Å². The van der Waals surface area contributed by atoms with E-state index in [1.165, 1.54) is 54.1 Å². The maximum absolute atomic E-state index is 8.48. The van der Waals surface area contributed by atoms with Crippen molar-refractivity contribution >= 4 is 110 Å². The second kappa shape index (κ2) is 11.8. The van der Waals surface area contributed by atoms with E-state index in [1.54, 1.807) is 12.1 Å². The summed E-state index contributed by atoms with van der Waals surface area (Å²) in [5.41, 5.74) is 12.2. The minimum atomic E-state index is 0.300. The number of para-hydroxylation sites is 6. The molecule has 0 saturated carbocycles. The van der Waals surface area contributed by atoms with Gasteiger partial charge in [-0.2, -0.15) is 0 Å². The van der Waals surface area contributed by atoms with Gasteiger partial charge in [-0.25, -0.2) is 0 Å². The third-order valence-electron chi connectivity index (χ3n) is 12.0. The molecule has 58 heavy (non-hydrogen) atoms. The highest BCUT2D eigenvalue weighted by Gasteiger charge is 2.24. The molecule has 13 aromatic rings. The lowest BCUT2D eigenvalue weighted by Gasteiger charge is -2.25. The highest BCUT2D eigenvalue weighted by molar-refractivity contribution is 6.29. The molecule has 270 valence electrons. The molecular weight excluding hydrogens is 705 g/mol. The van der Waals surface area contributed by atoms with E-state index in [-0.39, 0.29) is 0 Å². The third kappa shape index (κ3) is 4.29. The van der Waals surface area contributed by atoms with Crippen molar-refractivity contribution in [3.05, 3.63) is 206 Å². The Morgan fingerprint density at radius 3 is 1.05 bits per heavy atom. The first kappa shape index (κ1) is 27.7. The summed E-state index contributed by atoms with van der Waals surface area (Å²) in [6.45, 7) is 0. The van der Waals surface area contributed by atoms with E-state index >= 15 is 0 Å². The maximum atomic E-state index is 8.48. The van der Waals surface area contributed by atoms with E-state index in [0.29, 0.717) is 24.2 Å². The van der Waals surface area contributed by atoms with Crippen molar-refractivity contribution in [1.29, 1.82) is 0 Å². The molecular formula is C54H34N4. The van der Waals surface area contributed by atoms with Crippen molar-refractivity contribution < 1.29 is 5.48 Å². The molecule has 4 heterocycles. The molecule has 0 bridgehead atoms. The standard InChI is InChI=1S/C54H34N4/c1-5-15-35(16-6-1)55(36-17-7-2-8-18-36)39-27-29-41-43-23-13-25-45-47-34-52-48(33-51(47)57(53(43)45)49(41)31-39)46-26-14-24-44-42-30-28-40(32-50(42)58(52)54(44)46)56(37-19-9-3-10-20-37)38-21-11-4-12-22-38/h1-34H/i5D,6D,9D,10D. The summed E-state index contributed by atoms with van der Waals surface area (Å²) in [6, 6.07) is 63.3. The van der Waals surface area contributed by atoms with Crippen molar-refractivity contribution in [2.24, 2.45) is 0 Å². The number of rotatable bonds is 6. The molecule has 0 saturated heterocycles. The number of nitrogens with zero attached hydrogens (tertiary/aromatic N) is 4. The zero-order valence-electron chi connectivity index (χ0n) is 35.1. The largest absolute Gasteiger partial charge is 0.310 e. The monoisotopic (exact) mass is 742 g/mol. The number of anilines is 6. The van der Waals surface area contributed by atoms with E-state index in [9.17, 15) is 0 Å². The van der Waals surface area contributed by atoms with Crippen molar-refractivity contribution in [3.63, 3.8) is 0 Å². The Labute approximate surface area is 339 Å². The molecule has 0 aliphatic heterocycles. The Kier molecular flexibility index (Phi) is 5.66. The summed E-state index contributed by atoms with van der Waals surface area (Å²) in [7, 11) is 0. The molecule has 0 N–H and O–H groups in total. The van der Waals surface area contributed by atoms with Crippen LogP contribution in [0.2, 0.25) is 0 Å². The summed E-state index contributed by atoms with van der Waals surface area (Å²) < 4.78 is 38.8. The summed E-state index contributed by atoms with van der Waals surface area (Å²) in [4.78, 5) is 4.28. The molecule has 0 aliphatic carbocycles. The smallest absolute Gasteiger partial charge is 0.0623 e. The highest BCUT2D eigenvalue weighted by Crippen LogP contribution is 2.47. The fraction of sp³-hybridized carbons (Fsp3) is 0. The fourth-order valence-corrected chi connectivity index (χ4v) is 9.70. The van der Waals surface area contributed by atoms with Gasteiger partial charge in [0.05, 0.1) is 38.6 Å². The first-order valence-corrected chi connectivity index (χ1v) is 19.6. The first-order valence-electron chi connectivity index (χ1n) is 21.6. The van der Waals surface area contributed by atoms with Gasteiger partial charge in [0.1, 0.15) is 0 Å². The first-order chi connectivity index (χ1) is 30.4. The SMILES string of the molecule is [2H]c1cc([2H])cc(N(c2ccccc2)c2ccc3c4cccc5c6cc7c(cc6n(c3c2)c45)c2cccc3c4ccc(N(c5ccccc5)c5cc([2H])cc([2H])c5)cc4n7c32)c1. The number of aromatic nitrogens is 2. The Morgan fingerprint density at radius 2 is 0.638 bits per heavy atom. The maximum Gasteiger partial charge on any atom is 0.0623 e. The quantitative estimate of drug-likeness (QED) is 0.169. The molecule has 0 aliphatic rings. The highest BCUT2D eigenvalue weighted by atomic mass is 15.1. The predicted molar refractivity (Wildman–Crippen MR) is 245 cm³/mol. The topological polar surface area (TPSA) is 15.3 Å². The van der Waals surface area contributed by atoms with E-state index in [0.717, 1.165) is 56.2 Å². The lowest BCUT2D eigenvalue weighted by Crippen LogP contribution is -2.09. The van der Waals surface area contributed by atoms with Gasteiger partial charge in [-0.05, 0) is 84.9 Å². The molecule has 0 radical (unpaired) electrons. The lowest BCUT2D eigenvalue weighted by molar-refractivity contribution is 1.28. The van der Waals surface area contributed by atoms with E-state index in [1.807, 2.05) is 60.7 Å². The van der Waals surface area contributed by atoms with Gasteiger partial charge in [0, 0.05) is 77.2 Å². The van der Waals surface area contributed by atoms with Crippen LogP contribution in [0.1, 0.15) is 5.48 Å². The molecule has 9 aromatic carbocycles. The van der Waals surface area contributed by atoms with Crippen LogP contribution in [-0.2, 0) is 0 Å². The lowest BCUT2D eigenvalue weighted by atomic mass is 10.0. The molecule has 0 spiro atoms. The van der Waals surface area contributed by atoms with Crippen molar-refractivity contribution in [2.45, 2.75) is 0 Å². The van der Waals surface area contributed by atoms with Gasteiger partial charge >= 0.3 is 0 Å². The summed E-state index contributed by atoms with van der Waals surface area (Å²) in [5, 5.41) is 9.47. The average Bonchev–Trinajstić information content (AvgIpc) is 3.99. The fourth-order valence-electron chi connectivity index (χ4n) is 9.70. The summed E-state index contributed by atoms with van der Waals surface area (Å²) in [6.07, 6.45) is 0. The van der Waals surface area contributed by atoms with Crippen LogP contribution < -0.4 is 9.80 Å². The Bertz CT molecular complexity index is 3630. The van der Waals surface area contributed by atoms with Gasteiger partial charge in [0.15, 0.2) is 0 Å². The van der Waals surface area contributed by atoms with Crippen LogP contribution in [-0.4, -0.2) is 8.80 Å². The third-order valence-corrected chi connectivity index (χ3v) is 12.0. The molecule has 0 unspecified atom stereocenters. The predicted octanol–water partition coefficient (Wildman–Crippen LogP) is 14.9. The number of benzene rings is 9. The number of fused-ring (bicyclic) bond motifs is 12. The Hall–Kier alpha value is -7.82. The molecule has 4 aromatic heterocycles. The minimum absolute atomic E-state index is 0.300.